The average Bonchev–Trinajstić information content (AvgIpc) is 3.09. The van der Waals surface area contributed by atoms with Crippen LogP contribution in [0.5, 0.6) is 0 Å². The third kappa shape index (κ3) is 2.08. The number of aromatic nitrogens is 1. The van der Waals surface area contributed by atoms with Crippen molar-refractivity contribution < 1.29 is 8.98 Å². The molecule has 0 fully saturated rings. The molecule has 1 aliphatic rings. The lowest BCUT2D eigenvalue weighted by atomic mass is 9.56. The van der Waals surface area contributed by atoms with Gasteiger partial charge in [-0.3, -0.25) is 0 Å². The van der Waals surface area contributed by atoms with Crippen LogP contribution in [-0.4, -0.2) is 0 Å². The Morgan fingerprint density at radius 1 is 0.962 bits per heavy atom. The predicted octanol–water partition coefficient (Wildman–Crippen LogP) is 5.95. The Morgan fingerprint density at radius 2 is 1.62 bits per heavy atom. The zero-order valence-corrected chi connectivity index (χ0v) is 16.4. The van der Waals surface area contributed by atoms with Gasteiger partial charge < -0.3 is 4.42 Å². The first-order valence-corrected chi connectivity index (χ1v) is 9.64. The highest BCUT2D eigenvalue weighted by molar-refractivity contribution is 5.64. The molecule has 26 heavy (non-hydrogen) atoms. The molecule has 0 N–H and O–H groups in total. The minimum Gasteiger partial charge on any atom is -0.398 e. The van der Waals surface area contributed by atoms with Gasteiger partial charge in [-0.05, 0) is 24.0 Å². The summed E-state index contributed by atoms with van der Waals surface area (Å²) in [6.07, 6.45) is 3.29. The van der Waals surface area contributed by atoms with Crippen molar-refractivity contribution in [2.24, 2.45) is 5.92 Å². The third-order valence-electron chi connectivity index (χ3n) is 6.61. The van der Waals surface area contributed by atoms with Crippen LogP contribution in [-0.2, 0) is 11.0 Å². The molecule has 0 bridgehead atoms. The molecule has 0 radical (unpaired) electrons. The first-order chi connectivity index (χ1) is 12.4. The molecule has 0 saturated carbocycles. The second-order valence-electron chi connectivity index (χ2n) is 8.22. The zero-order valence-electron chi connectivity index (χ0n) is 16.4. The molecule has 2 aromatic carbocycles. The number of rotatable bonds is 3. The van der Waals surface area contributed by atoms with E-state index >= 15 is 0 Å². The summed E-state index contributed by atoms with van der Waals surface area (Å²) in [7, 11) is 0. The fourth-order valence-corrected chi connectivity index (χ4v) is 5.34. The van der Waals surface area contributed by atoms with Crippen molar-refractivity contribution >= 4 is 0 Å². The number of nitrogens with zero attached hydrogens (tertiary/aromatic N) is 1. The summed E-state index contributed by atoms with van der Waals surface area (Å²) < 4.78 is 8.81. The van der Waals surface area contributed by atoms with Crippen molar-refractivity contribution in [2.45, 2.75) is 52.0 Å². The summed E-state index contributed by atoms with van der Waals surface area (Å²) in [5.41, 5.74) is 3.73. The van der Waals surface area contributed by atoms with Gasteiger partial charge in [0.2, 0.25) is 12.0 Å². The number of hydrogen-bond donors (Lipinski definition) is 0. The SMILES string of the molecule is CCC1(C(C)C)c2ccccc2-c2oc(-c3ccccc3)c[n+]2C1(C)C. The number of fused-ring (bicyclic) bond motifs is 3. The van der Waals surface area contributed by atoms with Crippen molar-refractivity contribution in [1.82, 2.24) is 0 Å². The maximum Gasteiger partial charge on any atom is 0.381 e. The van der Waals surface area contributed by atoms with E-state index < -0.39 is 0 Å². The van der Waals surface area contributed by atoms with Gasteiger partial charge in [0, 0.05) is 19.4 Å². The molecule has 1 unspecified atom stereocenters. The van der Waals surface area contributed by atoms with Crippen molar-refractivity contribution in [1.29, 1.82) is 0 Å². The summed E-state index contributed by atoms with van der Waals surface area (Å²) >= 11 is 0. The fourth-order valence-electron chi connectivity index (χ4n) is 5.34. The summed E-state index contributed by atoms with van der Waals surface area (Å²) in [6.45, 7) is 11.8. The molecule has 0 amide bonds. The van der Waals surface area contributed by atoms with Gasteiger partial charge in [-0.2, -0.15) is 4.57 Å². The Labute approximate surface area is 156 Å². The highest BCUT2D eigenvalue weighted by Crippen LogP contribution is 2.52. The topological polar surface area (TPSA) is 17.0 Å². The first kappa shape index (κ1) is 17.1. The highest BCUT2D eigenvalue weighted by Gasteiger charge is 2.60. The second-order valence-corrected chi connectivity index (χ2v) is 8.22. The molecule has 2 heterocycles. The maximum absolute atomic E-state index is 6.43. The summed E-state index contributed by atoms with van der Waals surface area (Å²) in [6, 6.07) is 19.2. The Morgan fingerprint density at radius 3 is 2.27 bits per heavy atom. The molecule has 0 aliphatic carbocycles. The van der Waals surface area contributed by atoms with E-state index in [1.165, 1.54) is 11.1 Å². The first-order valence-electron chi connectivity index (χ1n) is 9.64. The monoisotopic (exact) mass is 346 g/mol. The van der Waals surface area contributed by atoms with Crippen LogP contribution in [0.2, 0.25) is 0 Å². The van der Waals surface area contributed by atoms with E-state index in [4.69, 9.17) is 4.42 Å². The molecule has 0 spiro atoms. The van der Waals surface area contributed by atoms with E-state index in [2.05, 4.69) is 93.9 Å². The third-order valence-corrected chi connectivity index (χ3v) is 6.61. The predicted molar refractivity (Wildman–Crippen MR) is 106 cm³/mol. The van der Waals surface area contributed by atoms with Gasteiger partial charge in [-0.15, -0.1) is 0 Å². The summed E-state index contributed by atoms with van der Waals surface area (Å²) in [5.74, 6) is 2.41. The van der Waals surface area contributed by atoms with Crippen LogP contribution in [0.4, 0.5) is 0 Å². The van der Waals surface area contributed by atoms with Crippen LogP contribution < -0.4 is 4.57 Å². The van der Waals surface area contributed by atoms with Gasteiger partial charge in [0.25, 0.3) is 0 Å². The molecule has 2 heteroatoms. The standard InChI is InChI=1S/C24H28NO/c1-6-24(17(2)3)20-15-11-10-14-19(20)22-25(23(24,4)5)16-21(26-22)18-12-8-7-9-13-18/h7-17H,6H2,1-5H3/q+1. The summed E-state index contributed by atoms with van der Waals surface area (Å²) in [4.78, 5) is 0. The van der Waals surface area contributed by atoms with E-state index in [-0.39, 0.29) is 11.0 Å². The highest BCUT2D eigenvalue weighted by atomic mass is 16.4. The lowest BCUT2D eigenvalue weighted by molar-refractivity contribution is -0.764. The Hall–Kier alpha value is -2.35. The molecule has 2 nitrogen and oxygen atoms in total. The normalized spacial score (nSPS) is 20.7. The van der Waals surface area contributed by atoms with E-state index in [1.54, 1.807) is 0 Å². The maximum atomic E-state index is 6.43. The van der Waals surface area contributed by atoms with Gasteiger partial charge in [-0.25, -0.2) is 0 Å². The van der Waals surface area contributed by atoms with Crippen LogP contribution in [0.15, 0.2) is 65.2 Å². The Kier molecular flexibility index (Phi) is 3.83. The fraction of sp³-hybridized carbons (Fsp3) is 0.375. The molecule has 4 rings (SSSR count). The van der Waals surface area contributed by atoms with Crippen molar-refractivity contribution in [3.63, 3.8) is 0 Å². The van der Waals surface area contributed by atoms with Gasteiger partial charge in [-0.1, -0.05) is 69.3 Å². The number of oxazole rings is 1. The van der Waals surface area contributed by atoms with Gasteiger partial charge in [0.1, 0.15) is 0 Å². The molecular formula is C24H28NO+. The molecule has 134 valence electrons. The largest absolute Gasteiger partial charge is 0.398 e. The molecule has 1 aliphatic heterocycles. The van der Waals surface area contributed by atoms with Crippen molar-refractivity contribution in [2.75, 3.05) is 0 Å². The minimum absolute atomic E-state index is 0.0547. The van der Waals surface area contributed by atoms with Crippen LogP contribution in [0.3, 0.4) is 0 Å². The van der Waals surface area contributed by atoms with E-state index in [0.29, 0.717) is 5.92 Å². The van der Waals surface area contributed by atoms with E-state index in [0.717, 1.165) is 23.6 Å². The molecule has 0 saturated heterocycles. The van der Waals surface area contributed by atoms with Crippen LogP contribution in [0.25, 0.3) is 22.8 Å². The summed E-state index contributed by atoms with van der Waals surface area (Å²) in [5, 5.41) is 0. The number of benzene rings is 2. The van der Waals surface area contributed by atoms with Gasteiger partial charge in [0.15, 0.2) is 5.54 Å². The van der Waals surface area contributed by atoms with E-state index in [1.807, 2.05) is 6.07 Å². The average molecular weight is 346 g/mol. The molecular weight excluding hydrogens is 318 g/mol. The van der Waals surface area contributed by atoms with Crippen molar-refractivity contribution in [3.05, 3.63) is 66.4 Å². The van der Waals surface area contributed by atoms with Crippen molar-refractivity contribution in [3.8, 4) is 22.8 Å². The smallest absolute Gasteiger partial charge is 0.381 e. The van der Waals surface area contributed by atoms with Crippen LogP contribution in [0, 0.1) is 5.92 Å². The quantitative estimate of drug-likeness (QED) is 0.535. The Bertz CT molecular complexity index is 936. The zero-order chi connectivity index (χ0) is 18.5. The van der Waals surface area contributed by atoms with E-state index in [9.17, 15) is 0 Å². The molecule has 3 aromatic rings. The second kappa shape index (κ2) is 5.84. The molecule has 1 atom stereocenters. The lowest BCUT2D eigenvalue weighted by Crippen LogP contribution is -2.68. The van der Waals surface area contributed by atoms with Gasteiger partial charge >= 0.3 is 5.89 Å². The van der Waals surface area contributed by atoms with Crippen LogP contribution >= 0.6 is 0 Å². The lowest BCUT2D eigenvalue weighted by Gasteiger charge is -2.48. The van der Waals surface area contributed by atoms with Crippen LogP contribution in [0.1, 0.15) is 46.6 Å². The number of hydrogen-bond acceptors (Lipinski definition) is 1. The van der Waals surface area contributed by atoms with Gasteiger partial charge in [0.05, 0.1) is 11.0 Å². The minimum atomic E-state index is -0.0872. The Balaban J connectivity index is 2.04. The molecule has 1 aromatic heterocycles.